The predicted octanol–water partition coefficient (Wildman–Crippen LogP) is 2.43. The molecule has 15 heavy (non-hydrogen) atoms. The number of rotatable bonds is 9. The Morgan fingerprint density at radius 1 is 1.33 bits per heavy atom. The summed E-state index contributed by atoms with van der Waals surface area (Å²) >= 11 is 1.93. The van der Waals surface area contributed by atoms with E-state index in [-0.39, 0.29) is 0 Å². The average molecular weight is 232 g/mol. The van der Waals surface area contributed by atoms with Gasteiger partial charge in [0.2, 0.25) is 0 Å². The number of thioether (sulfide) groups is 1. The zero-order valence-electron chi connectivity index (χ0n) is 10.8. The molecule has 2 nitrogen and oxygen atoms in total. The van der Waals surface area contributed by atoms with Crippen molar-refractivity contribution in [3.8, 4) is 0 Å². The maximum Gasteiger partial charge on any atom is 0.0218 e. The Hall–Kier alpha value is 0.270. The largest absolute Gasteiger partial charge is 0.329 e. The molecule has 0 radical (unpaired) electrons. The predicted molar refractivity (Wildman–Crippen MR) is 72.5 cm³/mol. The summed E-state index contributed by atoms with van der Waals surface area (Å²) in [7, 11) is 0. The van der Waals surface area contributed by atoms with E-state index in [1.807, 2.05) is 11.8 Å². The summed E-state index contributed by atoms with van der Waals surface area (Å²) in [5.41, 5.74) is 5.86. The number of nitrogens with two attached hydrogens (primary N) is 1. The van der Waals surface area contributed by atoms with Crippen LogP contribution in [-0.4, -0.2) is 42.6 Å². The van der Waals surface area contributed by atoms with Crippen LogP contribution in [0.2, 0.25) is 0 Å². The Morgan fingerprint density at radius 3 is 2.40 bits per heavy atom. The van der Waals surface area contributed by atoms with Crippen molar-refractivity contribution in [2.75, 3.05) is 31.6 Å². The molecule has 3 heteroatoms. The molecule has 0 aromatic heterocycles. The highest BCUT2D eigenvalue weighted by Crippen LogP contribution is 2.10. The third-order valence-corrected chi connectivity index (χ3v) is 3.38. The Bertz CT molecular complexity index is 140. The molecule has 0 aromatic carbocycles. The van der Waals surface area contributed by atoms with E-state index in [2.05, 4.69) is 31.9 Å². The van der Waals surface area contributed by atoms with Crippen LogP contribution in [0.15, 0.2) is 0 Å². The molecule has 0 aliphatic heterocycles. The zero-order chi connectivity index (χ0) is 11.7. The summed E-state index contributed by atoms with van der Waals surface area (Å²) in [5.74, 6) is 2.00. The second kappa shape index (κ2) is 9.49. The van der Waals surface area contributed by atoms with Crippen molar-refractivity contribution < 1.29 is 0 Å². The van der Waals surface area contributed by atoms with E-state index in [0.717, 1.165) is 19.0 Å². The second-order valence-electron chi connectivity index (χ2n) is 4.51. The van der Waals surface area contributed by atoms with E-state index in [0.29, 0.717) is 6.04 Å². The van der Waals surface area contributed by atoms with Gasteiger partial charge in [-0.15, -0.1) is 0 Å². The van der Waals surface area contributed by atoms with Gasteiger partial charge in [0.1, 0.15) is 0 Å². The van der Waals surface area contributed by atoms with Crippen LogP contribution in [0.1, 0.15) is 33.6 Å². The number of hydrogen-bond acceptors (Lipinski definition) is 3. The summed E-state index contributed by atoms with van der Waals surface area (Å²) in [6, 6.07) is 0.588. The summed E-state index contributed by atoms with van der Waals surface area (Å²) in [5, 5.41) is 0. The smallest absolute Gasteiger partial charge is 0.0218 e. The van der Waals surface area contributed by atoms with E-state index in [1.54, 1.807) is 0 Å². The minimum absolute atomic E-state index is 0.588. The Morgan fingerprint density at radius 2 is 2.00 bits per heavy atom. The van der Waals surface area contributed by atoms with Gasteiger partial charge in [-0.25, -0.2) is 0 Å². The van der Waals surface area contributed by atoms with Gasteiger partial charge in [0.15, 0.2) is 0 Å². The highest BCUT2D eigenvalue weighted by molar-refractivity contribution is 7.98. The Kier molecular flexibility index (Phi) is 9.66. The molecule has 0 saturated carbocycles. The summed E-state index contributed by atoms with van der Waals surface area (Å²) in [4.78, 5) is 2.53. The molecule has 1 atom stereocenters. The van der Waals surface area contributed by atoms with Gasteiger partial charge in [-0.05, 0) is 37.3 Å². The molecule has 0 fully saturated rings. The van der Waals surface area contributed by atoms with Gasteiger partial charge in [0.05, 0.1) is 0 Å². The minimum atomic E-state index is 0.588. The van der Waals surface area contributed by atoms with Crippen LogP contribution in [0, 0.1) is 5.92 Å². The first-order valence-electron chi connectivity index (χ1n) is 6.08. The van der Waals surface area contributed by atoms with Crippen molar-refractivity contribution in [1.82, 2.24) is 4.90 Å². The van der Waals surface area contributed by atoms with E-state index < -0.39 is 0 Å². The molecule has 0 amide bonds. The molecule has 0 bridgehead atoms. The molecule has 0 aromatic rings. The normalized spacial score (nSPS) is 13.8. The van der Waals surface area contributed by atoms with Gasteiger partial charge < -0.3 is 5.73 Å². The van der Waals surface area contributed by atoms with Crippen LogP contribution in [-0.2, 0) is 0 Å². The van der Waals surface area contributed by atoms with E-state index in [9.17, 15) is 0 Å². The van der Waals surface area contributed by atoms with Crippen LogP contribution >= 0.6 is 11.8 Å². The fraction of sp³-hybridized carbons (Fsp3) is 1.00. The fourth-order valence-corrected chi connectivity index (χ4v) is 2.37. The van der Waals surface area contributed by atoms with Gasteiger partial charge in [-0.2, -0.15) is 11.8 Å². The van der Waals surface area contributed by atoms with Crippen LogP contribution in [0.5, 0.6) is 0 Å². The van der Waals surface area contributed by atoms with Crippen LogP contribution in [0.4, 0.5) is 0 Å². The lowest BCUT2D eigenvalue weighted by atomic mass is 10.1. The van der Waals surface area contributed by atoms with Crippen molar-refractivity contribution >= 4 is 11.8 Å². The summed E-state index contributed by atoms with van der Waals surface area (Å²) in [6.45, 7) is 9.89. The molecular formula is C12H28N2S. The third kappa shape index (κ3) is 7.20. The summed E-state index contributed by atoms with van der Waals surface area (Å²) < 4.78 is 0. The van der Waals surface area contributed by atoms with Crippen LogP contribution in [0.3, 0.4) is 0 Å². The van der Waals surface area contributed by atoms with Gasteiger partial charge >= 0.3 is 0 Å². The summed E-state index contributed by atoms with van der Waals surface area (Å²) in [6.07, 6.45) is 4.71. The van der Waals surface area contributed by atoms with Crippen molar-refractivity contribution in [2.45, 2.75) is 39.7 Å². The van der Waals surface area contributed by atoms with Gasteiger partial charge in [-0.3, -0.25) is 4.90 Å². The third-order valence-electron chi connectivity index (χ3n) is 2.68. The van der Waals surface area contributed by atoms with Crippen molar-refractivity contribution in [1.29, 1.82) is 0 Å². The Labute approximate surface area is 100.0 Å². The molecule has 0 saturated heterocycles. The Balaban J connectivity index is 3.96. The topological polar surface area (TPSA) is 29.3 Å². The lowest BCUT2D eigenvalue weighted by Crippen LogP contribution is -2.42. The lowest BCUT2D eigenvalue weighted by molar-refractivity contribution is 0.179. The van der Waals surface area contributed by atoms with E-state index in [1.165, 1.54) is 25.1 Å². The second-order valence-corrected chi connectivity index (χ2v) is 5.49. The standard InChI is InChI=1S/C12H28N2S/c1-5-14(10-11(2)3)12(9-13)7-6-8-15-4/h11-12H,5-10,13H2,1-4H3. The van der Waals surface area contributed by atoms with Gasteiger partial charge in [0.25, 0.3) is 0 Å². The highest BCUT2D eigenvalue weighted by atomic mass is 32.2. The first kappa shape index (κ1) is 15.3. The lowest BCUT2D eigenvalue weighted by Gasteiger charge is -2.31. The van der Waals surface area contributed by atoms with Gasteiger partial charge in [-0.1, -0.05) is 20.8 Å². The van der Waals surface area contributed by atoms with Crippen molar-refractivity contribution in [2.24, 2.45) is 11.7 Å². The molecule has 2 N–H and O–H groups in total. The first-order chi connectivity index (χ1) is 7.15. The van der Waals surface area contributed by atoms with E-state index in [4.69, 9.17) is 5.73 Å². The highest BCUT2D eigenvalue weighted by Gasteiger charge is 2.15. The van der Waals surface area contributed by atoms with Gasteiger partial charge in [0, 0.05) is 19.1 Å². The fourth-order valence-electron chi connectivity index (χ4n) is 1.92. The van der Waals surface area contributed by atoms with Crippen LogP contribution < -0.4 is 5.73 Å². The molecular weight excluding hydrogens is 204 g/mol. The molecule has 92 valence electrons. The first-order valence-corrected chi connectivity index (χ1v) is 7.48. The average Bonchev–Trinajstić information content (AvgIpc) is 2.21. The van der Waals surface area contributed by atoms with Crippen LogP contribution in [0.25, 0.3) is 0 Å². The van der Waals surface area contributed by atoms with Crippen molar-refractivity contribution in [3.05, 3.63) is 0 Å². The quantitative estimate of drug-likeness (QED) is 0.619. The van der Waals surface area contributed by atoms with Crippen molar-refractivity contribution in [3.63, 3.8) is 0 Å². The molecule has 0 aliphatic carbocycles. The molecule has 0 rings (SSSR count). The monoisotopic (exact) mass is 232 g/mol. The zero-order valence-corrected chi connectivity index (χ0v) is 11.6. The number of likely N-dealkylation sites (N-methyl/N-ethyl adjacent to an activating group) is 1. The molecule has 0 spiro atoms. The molecule has 0 aliphatic rings. The maximum atomic E-state index is 5.86. The van der Waals surface area contributed by atoms with E-state index >= 15 is 0 Å². The number of nitrogens with zero attached hydrogens (tertiary/aromatic N) is 1. The molecule has 1 unspecified atom stereocenters. The number of hydrogen-bond donors (Lipinski definition) is 1. The minimum Gasteiger partial charge on any atom is -0.329 e. The molecule has 0 heterocycles. The maximum absolute atomic E-state index is 5.86. The SMILES string of the molecule is CCN(CC(C)C)C(CN)CCCSC.